The van der Waals surface area contributed by atoms with Gasteiger partial charge in [-0.25, -0.2) is 0 Å². The van der Waals surface area contributed by atoms with Crippen LogP contribution in [0.25, 0.3) is 0 Å². The maximum atomic E-state index is 11.2. The molecule has 0 aromatic heterocycles. The zero-order valence-electron chi connectivity index (χ0n) is 12.0. The van der Waals surface area contributed by atoms with Crippen molar-refractivity contribution in [1.29, 1.82) is 0 Å². The average molecular weight is 278 g/mol. The van der Waals surface area contributed by atoms with E-state index < -0.39 is 5.60 Å². The van der Waals surface area contributed by atoms with Crippen LogP contribution in [0, 0.1) is 0 Å². The summed E-state index contributed by atoms with van der Waals surface area (Å²) in [6, 6.07) is 7.64. The highest BCUT2D eigenvalue weighted by atomic mass is 16.5. The third-order valence-corrected chi connectivity index (χ3v) is 3.73. The van der Waals surface area contributed by atoms with E-state index in [0.29, 0.717) is 26.1 Å². The summed E-state index contributed by atoms with van der Waals surface area (Å²) in [6.07, 6.45) is 0.495. The lowest BCUT2D eigenvalue weighted by Crippen LogP contribution is -2.45. The quantitative estimate of drug-likeness (QED) is 0.758. The van der Waals surface area contributed by atoms with E-state index in [4.69, 9.17) is 4.74 Å². The molecule has 1 aliphatic heterocycles. The summed E-state index contributed by atoms with van der Waals surface area (Å²) in [4.78, 5) is 11.2. The number of para-hydroxylation sites is 1. The Balaban J connectivity index is 1.92. The van der Waals surface area contributed by atoms with Gasteiger partial charge in [0.1, 0.15) is 5.60 Å². The molecule has 1 aromatic carbocycles. The fraction of sp³-hybridized carbons (Fsp3) is 0.533. The Hall–Kier alpha value is -1.43. The number of benzene rings is 1. The summed E-state index contributed by atoms with van der Waals surface area (Å²) < 4.78 is 5.40. The lowest BCUT2D eigenvalue weighted by atomic mass is 9.96. The lowest BCUT2D eigenvalue weighted by molar-refractivity contribution is -0.114. The maximum absolute atomic E-state index is 11.2. The van der Waals surface area contributed by atoms with Crippen molar-refractivity contribution in [3.8, 4) is 0 Å². The third kappa shape index (κ3) is 3.56. The van der Waals surface area contributed by atoms with Gasteiger partial charge < -0.3 is 20.5 Å². The Bertz CT molecular complexity index is 478. The van der Waals surface area contributed by atoms with Crippen molar-refractivity contribution in [1.82, 2.24) is 5.32 Å². The van der Waals surface area contributed by atoms with Crippen LogP contribution in [0.5, 0.6) is 0 Å². The molecule has 0 saturated carbocycles. The summed E-state index contributed by atoms with van der Waals surface area (Å²) in [7, 11) is 0. The van der Waals surface area contributed by atoms with Crippen molar-refractivity contribution < 1.29 is 14.6 Å². The molecule has 1 amide bonds. The molecule has 0 aliphatic carbocycles. The number of amides is 1. The maximum Gasteiger partial charge on any atom is 0.221 e. The van der Waals surface area contributed by atoms with Crippen molar-refractivity contribution in [2.45, 2.75) is 38.5 Å². The Labute approximate surface area is 119 Å². The van der Waals surface area contributed by atoms with Gasteiger partial charge in [-0.1, -0.05) is 18.2 Å². The standard InChI is InChI=1S/C15H22N2O3/c1-11-15(19,7-8-20-11)10-16-9-13-5-3-4-6-14(13)17-12(2)18/h3-6,11,16,19H,7-10H2,1-2H3,(H,17,18). The normalized spacial score (nSPS) is 25.6. The van der Waals surface area contributed by atoms with Gasteiger partial charge in [-0.2, -0.15) is 0 Å². The molecular weight excluding hydrogens is 256 g/mol. The molecule has 2 unspecified atom stereocenters. The number of anilines is 1. The Morgan fingerprint density at radius 3 is 2.90 bits per heavy atom. The molecular formula is C15H22N2O3. The Morgan fingerprint density at radius 1 is 1.50 bits per heavy atom. The summed E-state index contributed by atoms with van der Waals surface area (Å²) in [5, 5.41) is 16.4. The molecule has 1 aliphatic rings. The predicted molar refractivity (Wildman–Crippen MR) is 77.4 cm³/mol. The van der Waals surface area contributed by atoms with Crippen LogP contribution in [0.4, 0.5) is 5.69 Å². The minimum Gasteiger partial charge on any atom is -0.386 e. The highest BCUT2D eigenvalue weighted by Crippen LogP contribution is 2.25. The number of aliphatic hydroxyl groups is 1. The van der Waals surface area contributed by atoms with Gasteiger partial charge in [-0.15, -0.1) is 0 Å². The first-order chi connectivity index (χ1) is 9.51. The molecule has 1 saturated heterocycles. The fourth-order valence-electron chi connectivity index (χ4n) is 2.40. The number of hydrogen-bond donors (Lipinski definition) is 3. The smallest absolute Gasteiger partial charge is 0.221 e. The number of nitrogens with one attached hydrogen (secondary N) is 2. The van der Waals surface area contributed by atoms with Gasteiger partial charge in [0.2, 0.25) is 5.91 Å². The molecule has 5 nitrogen and oxygen atoms in total. The van der Waals surface area contributed by atoms with E-state index >= 15 is 0 Å². The van der Waals surface area contributed by atoms with E-state index in [1.165, 1.54) is 6.92 Å². The van der Waals surface area contributed by atoms with Crippen LogP contribution >= 0.6 is 0 Å². The van der Waals surface area contributed by atoms with Gasteiger partial charge in [0, 0.05) is 38.7 Å². The van der Waals surface area contributed by atoms with E-state index in [0.717, 1.165) is 11.3 Å². The monoisotopic (exact) mass is 278 g/mol. The van der Waals surface area contributed by atoms with Crippen LogP contribution in [-0.2, 0) is 16.1 Å². The number of ether oxygens (including phenoxy) is 1. The van der Waals surface area contributed by atoms with E-state index in [9.17, 15) is 9.90 Å². The van der Waals surface area contributed by atoms with Crippen LogP contribution in [0.3, 0.4) is 0 Å². The fourth-order valence-corrected chi connectivity index (χ4v) is 2.40. The first-order valence-corrected chi connectivity index (χ1v) is 6.91. The van der Waals surface area contributed by atoms with Crippen molar-refractivity contribution >= 4 is 11.6 Å². The van der Waals surface area contributed by atoms with Crippen molar-refractivity contribution in [3.05, 3.63) is 29.8 Å². The summed E-state index contributed by atoms with van der Waals surface area (Å²) in [5.74, 6) is -0.0890. The predicted octanol–water partition coefficient (Wildman–Crippen LogP) is 1.27. The average Bonchev–Trinajstić information content (AvgIpc) is 2.71. The van der Waals surface area contributed by atoms with Crippen molar-refractivity contribution in [3.63, 3.8) is 0 Å². The molecule has 1 heterocycles. The first kappa shape index (κ1) is 15.0. The van der Waals surface area contributed by atoms with Crippen molar-refractivity contribution in [2.75, 3.05) is 18.5 Å². The molecule has 1 fully saturated rings. The minimum atomic E-state index is -0.803. The Morgan fingerprint density at radius 2 is 2.25 bits per heavy atom. The molecule has 3 N–H and O–H groups in total. The third-order valence-electron chi connectivity index (χ3n) is 3.73. The van der Waals surface area contributed by atoms with Crippen LogP contribution in [0.1, 0.15) is 25.8 Å². The van der Waals surface area contributed by atoms with E-state index in [1.54, 1.807) is 0 Å². The van der Waals surface area contributed by atoms with E-state index in [1.807, 2.05) is 31.2 Å². The van der Waals surface area contributed by atoms with Gasteiger partial charge in [0.15, 0.2) is 0 Å². The van der Waals surface area contributed by atoms with Crippen LogP contribution in [-0.4, -0.2) is 35.9 Å². The van der Waals surface area contributed by atoms with Crippen LogP contribution < -0.4 is 10.6 Å². The SMILES string of the molecule is CC(=O)Nc1ccccc1CNCC1(O)CCOC1C. The molecule has 1 aromatic rings. The van der Waals surface area contributed by atoms with Gasteiger partial charge >= 0.3 is 0 Å². The van der Waals surface area contributed by atoms with Crippen LogP contribution in [0.15, 0.2) is 24.3 Å². The molecule has 110 valence electrons. The van der Waals surface area contributed by atoms with Gasteiger partial charge in [0.05, 0.1) is 6.10 Å². The summed E-state index contributed by atoms with van der Waals surface area (Å²) in [6.45, 7) is 5.04. The van der Waals surface area contributed by atoms with Crippen molar-refractivity contribution in [2.24, 2.45) is 0 Å². The second kappa shape index (κ2) is 6.35. The Kier molecular flexibility index (Phi) is 4.75. The zero-order valence-corrected chi connectivity index (χ0v) is 12.0. The highest BCUT2D eigenvalue weighted by molar-refractivity contribution is 5.89. The molecule has 2 rings (SSSR count). The van der Waals surface area contributed by atoms with Crippen LogP contribution in [0.2, 0.25) is 0 Å². The second-order valence-electron chi connectivity index (χ2n) is 5.31. The van der Waals surface area contributed by atoms with Gasteiger partial charge in [-0.3, -0.25) is 4.79 Å². The lowest BCUT2D eigenvalue weighted by Gasteiger charge is -2.26. The molecule has 5 heteroatoms. The number of rotatable bonds is 5. The summed E-state index contributed by atoms with van der Waals surface area (Å²) in [5.41, 5.74) is 0.997. The molecule has 20 heavy (non-hydrogen) atoms. The number of carbonyl (C=O) groups excluding carboxylic acids is 1. The molecule has 0 bridgehead atoms. The summed E-state index contributed by atoms with van der Waals surface area (Å²) >= 11 is 0. The molecule has 0 radical (unpaired) electrons. The molecule has 0 spiro atoms. The van der Waals surface area contributed by atoms with Gasteiger partial charge in [-0.05, 0) is 18.6 Å². The minimum absolute atomic E-state index is 0.0890. The van der Waals surface area contributed by atoms with E-state index in [2.05, 4.69) is 10.6 Å². The molecule has 2 atom stereocenters. The zero-order chi connectivity index (χ0) is 14.6. The second-order valence-corrected chi connectivity index (χ2v) is 5.31. The topological polar surface area (TPSA) is 70.6 Å². The number of hydrogen-bond acceptors (Lipinski definition) is 4. The number of carbonyl (C=O) groups is 1. The largest absolute Gasteiger partial charge is 0.386 e. The highest BCUT2D eigenvalue weighted by Gasteiger charge is 2.38. The van der Waals surface area contributed by atoms with E-state index in [-0.39, 0.29) is 12.0 Å². The van der Waals surface area contributed by atoms with Gasteiger partial charge in [0.25, 0.3) is 0 Å². The first-order valence-electron chi connectivity index (χ1n) is 6.91.